The number of pyridine rings is 1. The standard InChI is InChI=1S/C29H37N5O/c1-5-34(28(35)32-20-22-14-18-24(19-15-22)29(2,3)4)27(31)11-6-8-21-12-16-23(17-13-21)25-9-7-10-26(30)33-25/h7,9-10,12-19,31H,5-6,8,11,20H2,1-4H3,(H2,30,33)(H,32,35). The molecule has 0 atom stereocenters. The number of urea groups is 1. The zero-order chi connectivity index (χ0) is 25.4. The van der Waals surface area contributed by atoms with Gasteiger partial charge in [-0.3, -0.25) is 10.3 Å². The van der Waals surface area contributed by atoms with E-state index in [2.05, 4.69) is 67.5 Å². The lowest BCUT2D eigenvalue weighted by molar-refractivity contribution is 0.221. The fraction of sp³-hybridized carbons (Fsp3) is 0.345. The first-order chi connectivity index (χ1) is 16.7. The molecule has 2 aromatic carbocycles. The normalized spacial score (nSPS) is 11.2. The molecule has 35 heavy (non-hydrogen) atoms. The van der Waals surface area contributed by atoms with E-state index in [9.17, 15) is 4.79 Å². The van der Waals surface area contributed by atoms with Crippen molar-refractivity contribution in [2.24, 2.45) is 0 Å². The fourth-order valence-corrected chi connectivity index (χ4v) is 3.90. The number of amidine groups is 1. The molecule has 0 unspecified atom stereocenters. The first-order valence-corrected chi connectivity index (χ1v) is 12.2. The summed E-state index contributed by atoms with van der Waals surface area (Å²) in [6.45, 7) is 9.36. The SMILES string of the molecule is CCN(C(=N)CCCc1ccc(-c2cccc(N)n2)cc1)C(=O)NCc1ccc(C(C)(C)C)cc1. The molecular weight excluding hydrogens is 434 g/mol. The lowest BCUT2D eigenvalue weighted by Crippen LogP contribution is -2.43. The van der Waals surface area contributed by atoms with Crippen molar-refractivity contribution in [3.63, 3.8) is 0 Å². The van der Waals surface area contributed by atoms with E-state index in [1.807, 2.05) is 31.2 Å². The van der Waals surface area contributed by atoms with Gasteiger partial charge in [0.05, 0.1) is 5.69 Å². The van der Waals surface area contributed by atoms with E-state index >= 15 is 0 Å². The smallest absolute Gasteiger partial charge is 0.323 e. The molecule has 3 rings (SSSR count). The lowest BCUT2D eigenvalue weighted by Gasteiger charge is -2.22. The van der Waals surface area contributed by atoms with Crippen molar-refractivity contribution < 1.29 is 4.79 Å². The second kappa shape index (κ2) is 11.6. The highest BCUT2D eigenvalue weighted by molar-refractivity contribution is 5.95. The average Bonchev–Trinajstić information content (AvgIpc) is 2.83. The number of anilines is 1. The summed E-state index contributed by atoms with van der Waals surface area (Å²) < 4.78 is 0. The highest BCUT2D eigenvalue weighted by atomic mass is 16.2. The molecule has 2 amide bonds. The predicted molar refractivity (Wildman–Crippen MR) is 145 cm³/mol. The van der Waals surface area contributed by atoms with Crippen molar-refractivity contribution >= 4 is 17.7 Å². The van der Waals surface area contributed by atoms with Crippen LogP contribution in [0.1, 0.15) is 57.2 Å². The lowest BCUT2D eigenvalue weighted by atomic mass is 9.87. The Morgan fingerprint density at radius 3 is 2.26 bits per heavy atom. The van der Waals surface area contributed by atoms with Gasteiger partial charge in [0.2, 0.25) is 0 Å². The van der Waals surface area contributed by atoms with Crippen LogP contribution in [-0.4, -0.2) is 28.3 Å². The van der Waals surface area contributed by atoms with Crippen molar-refractivity contribution in [3.8, 4) is 11.3 Å². The number of carbonyl (C=O) groups is 1. The third-order valence-electron chi connectivity index (χ3n) is 6.05. The molecule has 4 N–H and O–H groups in total. The molecule has 6 heteroatoms. The zero-order valence-corrected chi connectivity index (χ0v) is 21.3. The maximum atomic E-state index is 12.7. The van der Waals surface area contributed by atoms with Crippen LogP contribution in [0.2, 0.25) is 0 Å². The number of nitrogen functional groups attached to an aromatic ring is 1. The molecule has 6 nitrogen and oxygen atoms in total. The first kappa shape index (κ1) is 25.9. The quantitative estimate of drug-likeness (QED) is 0.271. The summed E-state index contributed by atoms with van der Waals surface area (Å²) in [4.78, 5) is 18.6. The fourth-order valence-electron chi connectivity index (χ4n) is 3.90. The number of nitrogens with two attached hydrogens (primary N) is 1. The van der Waals surface area contributed by atoms with E-state index in [0.29, 0.717) is 31.2 Å². The number of benzene rings is 2. The van der Waals surface area contributed by atoms with E-state index in [4.69, 9.17) is 11.1 Å². The molecule has 0 aliphatic rings. The Bertz CT molecular complexity index is 1130. The summed E-state index contributed by atoms with van der Waals surface area (Å²) in [5.41, 5.74) is 11.3. The Labute approximate surface area is 209 Å². The van der Waals surface area contributed by atoms with Crippen LogP contribution in [0, 0.1) is 5.41 Å². The molecule has 0 saturated heterocycles. The largest absolute Gasteiger partial charge is 0.384 e. The van der Waals surface area contributed by atoms with E-state index in [0.717, 1.165) is 29.7 Å². The van der Waals surface area contributed by atoms with Gasteiger partial charge in [-0.1, -0.05) is 75.4 Å². The Morgan fingerprint density at radius 1 is 1.00 bits per heavy atom. The third-order valence-corrected chi connectivity index (χ3v) is 6.05. The molecule has 0 radical (unpaired) electrons. The summed E-state index contributed by atoms with van der Waals surface area (Å²) in [5.74, 6) is 0.849. The summed E-state index contributed by atoms with van der Waals surface area (Å²) in [6, 6.07) is 22.0. The molecule has 0 aliphatic heterocycles. The Hall–Kier alpha value is -3.67. The monoisotopic (exact) mass is 471 g/mol. The van der Waals surface area contributed by atoms with Gasteiger partial charge >= 0.3 is 6.03 Å². The maximum absolute atomic E-state index is 12.7. The van der Waals surface area contributed by atoms with E-state index in [-0.39, 0.29) is 11.4 Å². The van der Waals surface area contributed by atoms with Crippen molar-refractivity contribution in [1.29, 1.82) is 5.41 Å². The number of nitrogens with one attached hydrogen (secondary N) is 2. The molecule has 1 aromatic heterocycles. The number of carbonyl (C=O) groups excluding carboxylic acids is 1. The van der Waals surface area contributed by atoms with Crippen LogP contribution in [0.5, 0.6) is 0 Å². The van der Waals surface area contributed by atoms with Gasteiger partial charge in [-0.2, -0.15) is 0 Å². The van der Waals surface area contributed by atoms with Gasteiger partial charge in [-0.15, -0.1) is 0 Å². The van der Waals surface area contributed by atoms with E-state index in [1.54, 1.807) is 6.07 Å². The average molecular weight is 472 g/mol. The van der Waals surface area contributed by atoms with Crippen molar-refractivity contribution in [3.05, 3.63) is 83.4 Å². The van der Waals surface area contributed by atoms with Crippen molar-refractivity contribution in [1.82, 2.24) is 15.2 Å². The van der Waals surface area contributed by atoms with Crippen molar-refractivity contribution in [2.75, 3.05) is 12.3 Å². The molecule has 0 aliphatic carbocycles. The Balaban J connectivity index is 1.47. The molecule has 0 fully saturated rings. The summed E-state index contributed by atoms with van der Waals surface area (Å²) in [5, 5.41) is 11.4. The first-order valence-electron chi connectivity index (χ1n) is 12.2. The number of aryl methyl sites for hydroxylation is 1. The minimum Gasteiger partial charge on any atom is -0.384 e. The van der Waals surface area contributed by atoms with Crippen LogP contribution < -0.4 is 11.1 Å². The predicted octanol–water partition coefficient (Wildman–Crippen LogP) is 6.16. The second-order valence-electron chi connectivity index (χ2n) is 9.79. The molecular formula is C29H37N5O. The topological polar surface area (TPSA) is 95.1 Å². The van der Waals surface area contributed by atoms with Gasteiger partial charge in [-0.25, -0.2) is 9.78 Å². The van der Waals surface area contributed by atoms with Crippen LogP contribution in [0.15, 0.2) is 66.7 Å². The second-order valence-corrected chi connectivity index (χ2v) is 9.79. The molecule has 0 bridgehead atoms. The molecule has 0 saturated carbocycles. The minimum absolute atomic E-state index is 0.103. The highest BCUT2D eigenvalue weighted by Crippen LogP contribution is 2.22. The number of rotatable bonds is 8. The Morgan fingerprint density at radius 2 is 1.66 bits per heavy atom. The number of aromatic nitrogens is 1. The number of amides is 2. The summed E-state index contributed by atoms with van der Waals surface area (Å²) in [7, 11) is 0. The number of hydrogen-bond donors (Lipinski definition) is 3. The van der Waals surface area contributed by atoms with Crippen LogP contribution >= 0.6 is 0 Å². The summed E-state index contributed by atoms with van der Waals surface area (Å²) >= 11 is 0. The van der Waals surface area contributed by atoms with Crippen LogP contribution in [0.3, 0.4) is 0 Å². The number of hydrogen-bond acceptors (Lipinski definition) is 4. The molecule has 1 heterocycles. The summed E-state index contributed by atoms with van der Waals surface area (Å²) in [6.07, 6.45) is 2.18. The van der Waals surface area contributed by atoms with Gasteiger partial charge in [0.15, 0.2) is 0 Å². The van der Waals surface area contributed by atoms with E-state index in [1.165, 1.54) is 16.0 Å². The molecule has 3 aromatic rings. The maximum Gasteiger partial charge on any atom is 0.323 e. The van der Waals surface area contributed by atoms with Gasteiger partial charge in [0.1, 0.15) is 11.7 Å². The number of nitrogens with zero attached hydrogens (tertiary/aromatic N) is 2. The van der Waals surface area contributed by atoms with Gasteiger partial charge in [0.25, 0.3) is 0 Å². The van der Waals surface area contributed by atoms with Gasteiger partial charge < -0.3 is 11.1 Å². The van der Waals surface area contributed by atoms with Crippen LogP contribution in [0.25, 0.3) is 11.3 Å². The minimum atomic E-state index is -0.226. The van der Waals surface area contributed by atoms with Gasteiger partial charge in [0, 0.05) is 25.1 Å². The zero-order valence-electron chi connectivity index (χ0n) is 21.3. The van der Waals surface area contributed by atoms with Crippen LogP contribution in [0.4, 0.5) is 10.6 Å². The van der Waals surface area contributed by atoms with Gasteiger partial charge in [-0.05, 0) is 54.0 Å². The molecule has 184 valence electrons. The third kappa shape index (κ3) is 7.41. The Kier molecular flexibility index (Phi) is 8.63. The van der Waals surface area contributed by atoms with E-state index < -0.39 is 0 Å². The van der Waals surface area contributed by atoms with Crippen molar-refractivity contribution in [2.45, 2.75) is 58.9 Å². The molecule has 0 spiro atoms. The highest BCUT2D eigenvalue weighted by Gasteiger charge is 2.17. The van der Waals surface area contributed by atoms with Crippen LogP contribution in [-0.2, 0) is 18.4 Å².